The minimum Gasteiger partial charge on any atom is -0.259 e. The van der Waals surface area contributed by atoms with Gasteiger partial charge >= 0.3 is 0 Å². The third-order valence-corrected chi connectivity index (χ3v) is 5.23. The van der Waals surface area contributed by atoms with Crippen molar-refractivity contribution in [3.8, 4) is 10.8 Å². The van der Waals surface area contributed by atoms with Crippen molar-refractivity contribution in [2.45, 2.75) is 11.5 Å². The van der Waals surface area contributed by atoms with Crippen LogP contribution in [0.15, 0.2) is 48.1 Å². The fourth-order valence-electron chi connectivity index (χ4n) is 1.91. The number of hydrogen-bond acceptors (Lipinski definition) is 5. The highest BCUT2D eigenvalue weighted by Crippen LogP contribution is 2.21. The molecule has 0 fully saturated rings. The first kappa shape index (κ1) is 15.3. The smallest absolute Gasteiger partial charge is 0.188 e. The molecule has 0 saturated heterocycles. The van der Waals surface area contributed by atoms with Gasteiger partial charge in [-0.3, -0.25) is 4.21 Å². The van der Waals surface area contributed by atoms with Crippen LogP contribution in [0.4, 0.5) is 0 Å². The van der Waals surface area contributed by atoms with Crippen LogP contribution in [0.2, 0.25) is 5.02 Å². The maximum atomic E-state index is 12.2. The van der Waals surface area contributed by atoms with Crippen molar-refractivity contribution in [1.82, 2.24) is 15.0 Å². The minimum absolute atomic E-state index is 0.413. The average Bonchev–Trinajstić information content (AvgIpc) is 2.96. The van der Waals surface area contributed by atoms with Crippen molar-refractivity contribution in [3.63, 3.8) is 0 Å². The van der Waals surface area contributed by atoms with Gasteiger partial charge in [0.25, 0.3) is 0 Å². The molecule has 22 heavy (non-hydrogen) atoms. The van der Waals surface area contributed by atoms with Gasteiger partial charge in [0.2, 0.25) is 0 Å². The molecule has 2 heterocycles. The van der Waals surface area contributed by atoms with Crippen LogP contribution >= 0.6 is 22.9 Å². The highest BCUT2D eigenvalue weighted by molar-refractivity contribution is 7.83. The lowest BCUT2D eigenvalue weighted by molar-refractivity contribution is 0.681. The Morgan fingerprint density at radius 1 is 1.14 bits per heavy atom. The highest BCUT2D eigenvalue weighted by Gasteiger charge is 2.10. The van der Waals surface area contributed by atoms with E-state index in [1.807, 2.05) is 23.6 Å². The van der Waals surface area contributed by atoms with E-state index in [1.54, 1.807) is 24.5 Å². The molecule has 0 aliphatic rings. The quantitative estimate of drug-likeness (QED) is 0.704. The van der Waals surface area contributed by atoms with Gasteiger partial charge in [0.1, 0.15) is 0 Å². The zero-order chi connectivity index (χ0) is 15.4. The first-order valence-electron chi connectivity index (χ1n) is 6.52. The van der Waals surface area contributed by atoms with E-state index in [4.69, 9.17) is 11.6 Å². The average molecular weight is 350 g/mol. The van der Waals surface area contributed by atoms with Crippen molar-refractivity contribution >= 4 is 33.7 Å². The topological polar surface area (TPSA) is 55.7 Å². The van der Waals surface area contributed by atoms with Crippen molar-refractivity contribution in [2.24, 2.45) is 0 Å². The summed E-state index contributed by atoms with van der Waals surface area (Å²) in [4.78, 5) is 12.8. The fraction of sp³-hybridized carbons (Fsp3) is 0.133. The number of rotatable bonds is 5. The summed E-state index contributed by atoms with van der Waals surface area (Å²) in [6.45, 7) is 0. The SMILES string of the molecule is O=[S@@](Cc1cccc(Cl)c1)Cc1csc(-c2ncccn2)n1. The summed E-state index contributed by atoms with van der Waals surface area (Å²) >= 11 is 7.40. The van der Waals surface area contributed by atoms with Gasteiger partial charge in [-0.25, -0.2) is 15.0 Å². The minimum atomic E-state index is -1.03. The van der Waals surface area contributed by atoms with Crippen molar-refractivity contribution in [3.05, 3.63) is 64.4 Å². The molecular weight excluding hydrogens is 338 g/mol. The van der Waals surface area contributed by atoms with Crippen LogP contribution in [-0.4, -0.2) is 19.2 Å². The predicted octanol–water partition coefficient (Wildman–Crippen LogP) is 3.70. The van der Waals surface area contributed by atoms with Gasteiger partial charge in [0.05, 0.1) is 11.4 Å². The lowest BCUT2D eigenvalue weighted by atomic mass is 10.2. The van der Waals surface area contributed by atoms with Crippen LogP contribution in [0.1, 0.15) is 11.3 Å². The fourth-order valence-corrected chi connectivity index (χ4v) is 4.13. The molecule has 0 radical (unpaired) electrons. The molecule has 0 unspecified atom stereocenters. The standard InChI is InChI=1S/C15H12ClN3OS2/c16-12-4-1-3-11(7-12)9-22(20)10-13-8-21-15(19-13)14-17-5-2-6-18-14/h1-8H,9-10H2/t22-/m0/s1. The third kappa shape index (κ3) is 3.97. The summed E-state index contributed by atoms with van der Waals surface area (Å²) < 4.78 is 12.2. The Hall–Kier alpha value is -1.63. The number of nitrogens with zero attached hydrogens (tertiary/aromatic N) is 3. The number of thiazole rings is 1. The second-order valence-corrected chi connectivity index (χ2v) is 7.33. The van der Waals surface area contributed by atoms with Crippen molar-refractivity contribution < 1.29 is 4.21 Å². The summed E-state index contributed by atoms with van der Waals surface area (Å²) in [5.74, 6) is 1.48. The summed E-state index contributed by atoms with van der Waals surface area (Å²) in [6, 6.07) is 9.19. The van der Waals surface area contributed by atoms with E-state index in [0.29, 0.717) is 22.4 Å². The maximum absolute atomic E-state index is 12.2. The molecule has 0 aliphatic heterocycles. The van der Waals surface area contributed by atoms with Crippen LogP contribution in [0, 0.1) is 0 Å². The lowest BCUT2D eigenvalue weighted by Crippen LogP contribution is -2.00. The van der Waals surface area contributed by atoms with E-state index in [9.17, 15) is 4.21 Å². The zero-order valence-corrected chi connectivity index (χ0v) is 13.9. The molecule has 1 aromatic carbocycles. The first-order valence-corrected chi connectivity index (χ1v) is 9.26. The number of halogens is 1. The summed E-state index contributed by atoms with van der Waals surface area (Å²) in [7, 11) is -1.03. The molecule has 112 valence electrons. The lowest BCUT2D eigenvalue weighted by Gasteiger charge is -2.01. The van der Waals surface area contributed by atoms with Gasteiger partial charge in [0, 0.05) is 39.3 Å². The second-order valence-electron chi connectivity index (χ2n) is 4.57. The largest absolute Gasteiger partial charge is 0.259 e. The van der Waals surface area contributed by atoms with E-state index < -0.39 is 10.8 Å². The van der Waals surface area contributed by atoms with Crippen LogP contribution in [0.5, 0.6) is 0 Å². The van der Waals surface area contributed by atoms with E-state index in [2.05, 4.69) is 15.0 Å². The summed E-state index contributed by atoms with van der Waals surface area (Å²) in [5, 5.41) is 3.31. The molecule has 0 spiro atoms. The van der Waals surface area contributed by atoms with E-state index in [-0.39, 0.29) is 0 Å². The Balaban J connectivity index is 1.66. The number of benzene rings is 1. The molecule has 1 atom stereocenters. The monoisotopic (exact) mass is 349 g/mol. The molecule has 0 N–H and O–H groups in total. The van der Waals surface area contributed by atoms with Crippen molar-refractivity contribution in [1.29, 1.82) is 0 Å². The van der Waals surface area contributed by atoms with Gasteiger partial charge < -0.3 is 0 Å². The van der Waals surface area contributed by atoms with E-state index >= 15 is 0 Å². The maximum Gasteiger partial charge on any atom is 0.188 e. The molecule has 0 bridgehead atoms. The van der Waals surface area contributed by atoms with Gasteiger partial charge in [-0.15, -0.1) is 11.3 Å². The molecule has 7 heteroatoms. The molecular formula is C15H12ClN3OS2. The predicted molar refractivity (Wildman–Crippen MR) is 90.1 cm³/mol. The Labute approximate surface area is 139 Å². The molecule has 2 aromatic heterocycles. The molecule has 4 nitrogen and oxygen atoms in total. The molecule has 0 aliphatic carbocycles. The molecule has 3 aromatic rings. The van der Waals surface area contributed by atoms with Crippen LogP contribution < -0.4 is 0 Å². The van der Waals surface area contributed by atoms with Crippen molar-refractivity contribution in [2.75, 3.05) is 0 Å². The Bertz CT molecular complexity index is 792. The summed E-state index contributed by atoms with van der Waals surface area (Å²) in [5.41, 5.74) is 1.76. The number of aromatic nitrogens is 3. The summed E-state index contributed by atoms with van der Waals surface area (Å²) in [6.07, 6.45) is 3.36. The highest BCUT2D eigenvalue weighted by atomic mass is 35.5. The zero-order valence-electron chi connectivity index (χ0n) is 11.5. The van der Waals surface area contributed by atoms with Crippen LogP contribution in [0.25, 0.3) is 10.8 Å². The molecule has 0 amide bonds. The second kappa shape index (κ2) is 7.09. The Kier molecular flexibility index (Phi) is 4.92. The van der Waals surface area contributed by atoms with Gasteiger partial charge in [-0.2, -0.15) is 0 Å². The van der Waals surface area contributed by atoms with Gasteiger partial charge in [-0.1, -0.05) is 23.7 Å². The molecule has 3 rings (SSSR count). The van der Waals surface area contributed by atoms with Gasteiger partial charge in [-0.05, 0) is 23.8 Å². The van der Waals surface area contributed by atoms with Gasteiger partial charge in [0.15, 0.2) is 10.8 Å². The Morgan fingerprint density at radius 2 is 1.95 bits per heavy atom. The number of hydrogen-bond donors (Lipinski definition) is 0. The molecule has 0 saturated carbocycles. The normalized spacial score (nSPS) is 12.2. The van der Waals surface area contributed by atoms with Crippen LogP contribution in [-0.2, 0) is 22.3 Å². The first-order chi connectivity index (χ1) is 10.7. The van der Waals surface area contributed by atoms with E-state index in [0.717, 1.165) is 16.3 Å². The third-order valence-electron chi connectivity index (χ3n) is 2.83. The van der Waals surface area contributed by atoms with E-state index in [1.165, 1.54) is 11.3 Å². The Morgan fingerprint density at radius 3 is 2.73 bits per heavy atom. The van der Waals surface area contributed by atoms with Crippen LogP contribution in [0.3, 0.4) is 0 Å².